The Hall–Kier alpha value is -2.80. The molecule has 0 saturated carbocycles. The molecule has 0 unspecified atom stereocenters. The van der Waals surface area contributed by atoms with Gasteiger partial charge in [-0.15, -0.1) is 0 Å². The van der Waals surface area contributed by atoms with Gasteiger partial charge in [-0.25, -0.2) is 4.79 Å². The van der Waals surface area contributed by atoms with Crippen LogP contribution in [0, 0.1) is 0 Å². The Morgan fingerprint density at radius 3 is 2.77 bits per heavy atom. The molecule has 1 amide bonds. The van der Waals surface area contributed by atoms with E-state index in [-0.39, 0.29) is 12.5 Å². The van der Waals surface area contributed by atoms with Crippen LogP contribution in [0.3, 0.4) is 0 Å². The first-order valence-corrected chi connectivity index (χ1v) is 8.57. The lowest BCUT2D eigenvalue weighted by Crippen LogP contribution is -2.30. The summed E-state index contributed by atoms with van der Waals surface area (Å²) in [7, 11) is 0. The van der Waals surface area contributed by atoms with Crippen LogP contribution in [0.15, 0.2) is 47.1 Å². The van der Waals surface area contributed by atoms with Gasteiger partial charge in [-0.3, -0.25) is 4.79 Å². The standard InChI is InChI=1S/C19H24N2O5/c1-2-24-11-6-10-20-18(22)14-26-19(23)16-8-3-4-9-17(16)21-13-15-7-5-12-25-15/h3-5,7-9,12,21H,2,6,10-11,13-14H2,1H3,(H,20,22). The van der Waals surface area contributed by atoms with E-state index in [9.17, 15) is 9.59 Å². The highest BCUT2D eigenvalue weighted by Gasteiger charge is 2.14. The molecule has 2 N–H and O–H groups in total. The van der Waals surface area contributed by atoms with Gasteiger partial charge in [-0.05, 0) is 37.6 Å². The van der Waals surface area contributed by atoms with E-state index in [1.165, 1.54) is 0 Å². The quantitative estimate of drug-likeness (QED) is 0.473. The van der Waals surface area contributed by atoms with Gasteiger partial charge < -0.3 is 24.5 Å². The molecular formula is C19H24N2O5. The van der Waals surface area contributed by atoms with Crippen molar-refractivity contribution in [3.63, 3.8) is 0 Å². The second kappa shape index (κ2) is 10.9. The number of carbonyl (C=O) groups is 2. The normalized spacial score (nSPS) is 10.3. The summed E-state index contributed by atoms with van der Waals surface area (Å²) in [6.45, 7) is 3.76. The predicted molar refractivity (Wildman–Crippen MR) is 96.9 cm³/mol. The number of furan rings is 1. The lowest BCUT2D eigenvalue weighted by molar-refractivity contribution is -0.124. The fourth-order valence-corrected chi connectivity index (χ4v) is 2.22. The summed E-state index contributed by atoms with van der Waals surface area (Å²) in [5, 5.41) is 5.81. The molecule has 0 fully saturated rings. The predicted octanol–water partition coefficient (Wildman–Crippen LogP) is 2.59. The van der Waals surface area contributed by atoms with Crippen molar-refractivity contribution in [2.75, 3.05) is 31.7 Å². The first-order chi connectivity index (χ1) is 12.7. The van der Waals surface area contributed by atoms with Crippen molar-refractivity contribution < 1.29 is 23.5 Å². The fraction of sp³-hybridized carbons (Fsp3) is 0.368. The molecule has 0 atom stereocenters. The van der Waals surface area contributed by atoms with E-state index in [2.05, 4.69) is 10.6 Å². The molecule has 0 spiro atoms. The molecule has 140 valence electrons. The Kier molecular flexibility index (Phi) is 8.21. The highest BCUT2D eigenvalue weighted by atomic mass is 16.5. The number of amides is 1. The number of nitrogens with one attached hydrogen (secondary N) is 2. The van der Waals surface area contributed by atoms with Gasteiger partial charge in [0.15, 0.2) is 6.61 Å². The summed E-state index contributed by atoms with van der Waals surface area (Å²) in [4.78, 5) is 24.0. The maximum atomic E-state index is 12.3. The monoisotopic (exact) mass is 360 g/mol. The van der Waals surface area contributed by atoms with Crippen LogP contribution in [0.25, 0.3) is 0 Å². The van der Waals surface area contributed by atoms with Gasteiger partial charge in [0.05, 0.1) is 18.4 Å². The molecule has 2 rings (SSSR count). The smallest absolute Gasteiger partial charge is 0.340 e. The van der Waals surface area contributed by atoms with Gasteiger partial charge in [-0.1, -0.05) is 12.1 Å². The minimum absolute atomic E-state index is 0.319. The molecule has 0 bridgehead atoms. The number of benzene rings is 1. The summed E-state index contributed by atoms with van der Waals surface area (Å²) >= 11 is 0. The third-order valence-electron chi connectivity index (χ3n) is 3.51. The number of esters is 1. The highest BCUT2D eigenvalue weighted by Crippen LogP contribution is 2.17. The molecule has 0 aliphatic heterocycles. The van der Waals surface area contributed by atoms with Crippen molar-refractivity contribution >= 4 is 17.6 Å². The molecular weight excluding hydrogens is 336 g/mol. The zero-order valence-electron chi connectivity index (χ0n) is 14.8. The van der Waals surface area contributed by atoms with Crippen molar-refractivity contribution in [3.05, 3.63) is 54.0 Å². The van der Waals surface area contributed by atoms with Crippen LogP contribution in [-0.4, -0.2) is 38.2 Å². The van der Waals surface area contributed by atoms with E-state index in [0.717, 1.165) is 5.76 Å². The highest BCUT2D eigenvalue weighted by molar-refractivity contribution is 5.96. The van der Waals surface area contributed by atoms with Crippen molar-refractivity contribution in [2.24, 2.45) is 0 Å². The van der Waals surface area contributed by atoms with Gasteiger partial charge in [0.1, 0.15) is 5.76 Å². The Morgan fingerprint density at radius 1 is 1.15 bits per heavy atom. The SMILES string of the molecule is CCOCCCNC(=O)COC(=O)c1ccccc1NCc1ccco1. The second-order valence-corrected chi connectivity index (χ2v) is 5.46. The number of rotatable bonds is 11. The molecule has 26 heavy (non-hydrogen) atoms. The minimum atomic E-state index is -0.558. The molecule has 1 aromatic carbocycles. The Bertz CT molecular complexity index is 685. The van der Waals surface area contributed by atoms with Crippen LogP contribution in [-0.2, 0) is 20.8 Å². The van der Waals surface area contributed by atoms with Crippen LogP contribution in [0.2, 0.25) is 0 Å². The van der Waals surface area contributed by atoms with Crippen LogP contribution in [0.1, 0.15) is 29.5 Å². The number of hydrogen-bond donors (Lipinski definition) is 2. The number of carbonyl (C=O) groups excluding carboxylic acids is 2. The molecule has 7 nitrogen and oxygen atoms in total. The van der Waals surface area contributed by atoms with Gasteiger partial charge in [0.25, 0.3) is 5.91 Å². The molecule has 0 radical (unpaired) electrons. The summed E-state index contributed by atoms with van der Waals surface area (Å²) in [5.41, 5.74) is 0.981. The van der Waals surface area contributed by atoms with Crippen molar-refractivity contribution in [1.82, 2.24) is 5.32 Å². The van der Waals surface area contributed by atoms with Crippen molar-refractivity contribution in [1.29, 1.82) is 0 Å². The average molecular weight is 360 g/mol. The lowest BCUT2D eigenvalue weighted by Gasteiger charge is -2.11. The van der Waals surface area contributed by atoms with Gasteiger partial charge >= 0.3 is 5.97 Å². The zero-order valence-corrected chi connectivity index (χ0v) is 14.8. The molecule has 0 aliphatic rings. The topological polar surface area (TPSA) is 89.8 Å². The van der Waals surface area contributed by atoms with E-state index in [4.69, 9.17) is 13.9 Å². The van der Waals surface area contributed by atoms with Crippen LogP contribution >= 0.6 is 0 Å². The summed E-state index contributed by atoms with van der Waals surface area (Å²) in [6, 6.07) is 10.6. The third-order valence-corrected chi connectivity index (χ3v) is 3.51. The number of anilines is 1. The van der Waals surface area contributed by atoms with E-state index < -0.39 is 5.97 Å². The summed E-state index contributed by atoms with van der Waals surface area (Å²) < 4.78 is 15.5. The Morgan fingerprint density at radius 2 is 2.00 bits per heavy atom. The number of ether oxygens (including phenoxy) is 2. The molecule has 2 aromatic rings. The fourth-order valence-electron chi connectivity index (χ4n) is 2.22. The van der Waals surface area contributed by atoms with E-state index in [0.29, 0.717) is 44.0 Å². The van der Waals surface area contributed by atoms with Crippen LogP contribution < -0.4 is 10.6 Å². The molecule has 0 aliphatic carbocycles. The Balaban J connectivity index is 1.78. The maximum absolute atomic E-state index is 12.3. The average Bonchev–Trinajstić information content (AvgIpc) is 3.18. The van der Waals surface area contributed by atoms with Crippen LogP contribution in [0.4, 0.5) is 5.69 Å². The Labute approximate surface area is 152 Å². The number of para-hydroxylation sites is 1. The third kappa shape index (κ3) is 6.60. The van der Waals surface area contributed by atoms with Crippen molar-refractivity contribution in [2.45, 2.75) is 19.9 Å². The molecule has 1 aromatic heterocycles. The molecule has 7 heteroatoms. The van der Waals surface area contributed by atoms with E-state index in [1.807, 2.05) is 19.1 Å². The van der Waals surface area contributed by atoms with Gasteiger partial charge in [0.2, 0.25) is 0 Å². The second-order valence-electron chi connectivity index (χ2n) is 5.46. The zero-order chi connectivity index (χ0) is 18.6. The van der Waals surface area contributed by atoms with Crippen molar-refractivity contribution in [3.8, 4) is 0 Å². The summed E-state index contributed by atoms with van der Waals surface area (Å²) in [5.74, 6) is -0.146. The van der Waals surface area contributed by atoms with E-state index in [1.54, 1.807) is 30.5 Å². The van der Waals surface area contributed by atoms with E-state index >= 15 is 0 Å². The molecule has 1 heterocycles. The van der Waals surface area contributed by atoms with Gasteiger partial charge in [0, 0.05) is 25.4 Å². The van der Waals surface area contributed by atoms with Crippen LogP contribution in [0.5, 0.6) is 0 Å². The molecule has 0 saturated heterocycles. The maximum Gasteiger partial charge on any atom is 0.340 e. The minimum Gasteiger partial charge on any atom is -0.467 e. The van der Waals surface area contributed by atoms with Gasteiger partial charge in [-0.2, -0.15) is 0 Å². The largest absolute Gasteiger partial charge is 0.467 e. The lowest BCUT2D eigenvalue weighted by atomic mass is 10.2. The summed E-state index contributed by atoms with van der Waals surface area (Å²) in [6.07, 6.45) is 2.30. The number of hydrogen-bond acceptors (Lipinski definition) is 6. The first-order valence-electron chi connectivity index (χ1n) is 8.57. The first kappa shape index (κ1) is 19.5.